The van der Waals surface area contributed by atoms with Crippen molar-refractivity contribution in [2.75, 3.05) is 0 Å². The second kappa shape index (κ2) is 5.73. The molecule has 0 saturated heterocycles. The summed E-state index contributed by atoms with van der Waals surface area (Å²) in [6.45, 7) is 7.01. The van der Waals surface area contributed by atoms with Crippen LogP contribution in [0, 0.1) is 11.8 Å². The zero-order chi connectivity index (χ0) is 12.4. The summed E-state index contributed by atoms with van der Waals surface area (Å²) < 4.78 is 0.888. The molecule has 1 N–H and O–H groups in total. The van der Waals surface area contributed by atoms with Crippen LogP contribution in [0.25, 0.3) is 0 Å². The SMILES string of the molecule is CC(NC1CCCC(C)C1C)c1ccc(Cl)s1. The summed E-state index contributed by atoms with van der Waals surface area (Å²) in [5.74, 6) is 1.63. The molecule has 3 heteroatoms. The molecule has 0 amide bonds. The van der Waals surface area contributed by atoms with E-state index >= 15 is 0 Å². The molecule has 4 unspecified atom stereocenters. The minimum atomic E-state index is 0.422. The second-order valence-corrected chi connectivity index (χ2v) is 7.15. The minimum absolute atomic E-state index is 0.422. The lowest BCUT2D eigenvalue weighted by Gasteiger charge is -2.36. The van der Waals surface area contributed by atoms with Crippen LogP contribution in [0.5, 0.6) is 0 Å². The summed E-state index contributed by atoms with van der Waals surface area (Å²) in [5, 5.41) is 3.78. The van der Waals surface area contributed by atoms with E-state index in [-0.39, 0.29) is 0 Å². The molecule has 1 aliphatic carbocycles. The van der Waals surface area contributed by atoms with E-state index in [4.69, 9.17) is 11.6 Å². The molecule has 4 atom stereocenters. The molecule has 0 aromatic carbocycles. The summed E-state index contributed by atoms with van der Waals surface area (Å²) in [7, 11) is 0. The third-order valence-corrected chi connectivity index (χ3v) is 5.61. The first-order valence-electron chi connectivity index (χ1n) is 6.59. The molecule has 1 aliphatic rings. The van der Waals surface area contributed by atoms with Gasteiger partial charge in [0.15, 0.2) is 0 Å². The summed E-state index contributed by atoms with van der Waals surface area (Å²) in [5.41, 5.74) is 0. The van der Waals surface area contributed by atoms with Gasteiger partial charge in [0.1, 0.15) is 0 Å². The van der Waals surface area contributed by atoms with E-state index in [2.05, 4.69) is 32.2 Å². The maximum atomic E-state index is 5.99. The lowest BCUT2D eigenvalue weighted by molar-refractivity contribution is 0.197. The topological polar surface area (TPSA) is 12.0 Å². The Labute approximate surface area is 114 Å². The van der Waals surface area contributed by atoms with Crippen LogP contribution in [0.2, 0.25) is 4.34 Å². The van der Waals surface area contributed by atoms with Gasteiger partial charge in [-0.15, -0.1) is 11.3 Å². The van der Waals surface area contributed by atoms with Gasteiger partial charge in [0.2, 0.25) is 0 Å². The van der Waals surface area contributed by atoms with Crippen LogP contribution >= 0.6 is 22.9 Å². The van der Waals surface area contributed by atoms with Crippen LogP contribution in [0.1, 0.15) is 51.0 Å². The van der Waals surface area contributed by atoms with Crippen LogP contribution in [0.4, 0.5) is 0 Å². The first-order valence-corrected chi connectivity index (χ1v) is 7.78. The van der Waals surface area contributed by atoms with Gasteiger partial charge >= 0.3 is 0 Å². The first-order chi connectivity index (χ1) is 8.08. The summed E-state index contributed by atoms with van der Waals surface area (Å²) >= 11 is 7.68. The van der Waals surface area contributed by atoms with Crippen LogP contribution in [-0.4, -0.2) is 6.04 Å². The van der Waals surface area contributed by atoms with Gasteiger partial charge in [0, 0.05) is 17.0 Å². The second-order valence-electron chi connectivity index (χ2n) is 5.40. The molecule has 96 valence electrons. The molecule has 0 bridgehead atoms. The van der Waals surface area contributed by atoms with Crippen molar-refractivity contribution in [2.24, 2.45) is 11.8 Å². The van der Waals surface area contributed by atoms with Gasteiger partial charge in [-0.05, 0) is 37.3 Å². The van der Waals surface area contributed by atoms with Crippen molar-refractivity contribution in [3.05, 3.63) is 21.3 Å². The van der Waals surface area contributed by atoms with E-state index in [0.717, 1.165) is 16.2 Å². The van der Waals surface area contributed by atoms with Crippen LogP contribution in [0.15, 0.2) is 12.1 Å². The van der Waals surface area contributed by atoms with Gasteiger partial charge in [0.25, 0.3) is 0 Å². The number of nitrogens with one attached hydrogen (secondary N) is 1. The van der Waals surface area contributed by atoms with Crippen molar-refractivity contribution in [2.45, 2.75) is 52.1 Å². The maximum absolute atomic E-state index is 5.99. The first kappa shape index (κ1) is 13.4. The highest BCUT2D eigenvalue weighted by Crippen LogP contribution is 2.32. The summed E-state index contributed by atoms with van der Waals surface area (Å²) in [6.07, 6.45) is 4.06. The molecule has 2 rings (SSSR count). The summed E-state index contributed by atoms with van der Waals surface area (Å²) in [6, 6.07) is 5.22. The molecule has 1 heterocycles. The van der Waals surface area contributed by atoms with Crippen molar-refractivity contribution in [1.29, 1.82) is 0 Å². The van der Waals surface area contributed by atoms with Crippen molar-refractivity contribution in [3.63, 3.8) is 0 Å². The average Bonchev–Trinajstić information content (AvgIpc) is 2.72. The van der Waals surface area contributed by atoms with E-state index < -0.39 is 0 Å². The zero-order valence-electron chi connectivity index (χ0n) is 10.9. The van der Waals surface area contributed by atoms with Crippen LogP contribution in [-0.2, 0) is 0 Å². The average molecular weight is 272 g/mol. The highest BCUT2D eigenvalue weighted by molar-refractivity contribution is 7.16. The molecule has 17 heavy (non-hydrogen) atoms. The molecule has 1 aromatic heterocycles. The van der Waals surface area contributed by atoms with Crippen LogP contribution < -0.4 is 5.32 Å². The predicted octanol–water partition coefficient (Wildman–Crippen LogP) is 4.88. The van der Waals surface area contributed by atoms with Crippen molar-refractivity contribution < 1.29 is 0 Å². The third kappa shape index (κ3) is 3.24. The van der Waals surface area contributed by atoms with E-state index in [1.54, 1.807) is 11.3 Å². The fraction of sp³-hybridized carbons (Fsp3) is 0.714. The van der Waals surface area contributed by atoms with E-state index in [0.29, 0.717) is 12.1 Å². The normalized spacial score (nSPS) is 31.4. The minimum Gasteiger partial charge on any atom is -0.306 e. The third-order valence-electron chi connectivity index (χ3n) is 4.19. The number of hydrogen-bond acceptors (Lipinski definition) is 2. The Hall–Kier alpha value is -0.0500. The molecule has 0 radical (unpaired) electrons. The number of thiophene rings is 1. The predicted molar refractivity (Wildman–Crippen MR) is 76.8 cm³/mol. The molecular weight excluding hydrogens is 250 g/mol. The quantitative estimate of drug-likeness (QED) is 0.826. The zero-order valence-corrected chi connectivity index (χ0v) is 12.4. The highest BCUT2D eigenvalue weighted by Gasteiger charge is 2.28. The fourth-order valence-corrected chi connectivity index (χ4v) is 3.85. The lowest BCUT2D eigenvalue weighted by Crippen LogP contribution is -2.41. The maximum Gasteiger partial charge on any atom is 0.0931 e. The Balaban J connectivity index is 1.96. The molecule has 1 nitrogen and oxygen atoms in total. The number of halogens is 1. The van der Waals surface area contributed by atoms with Gasteiger partial charge in [0.05, 0.1) is 4.34 Å². The number of rotatable bonds is 3. The Morgan fingerprint density at radius 3 is 2.76 bits per heavy atom. The largest absolute Gasteiger partial charge is 0.306 e. The Bertz CT molecular complexity index is 363. The van der Waals surface area contributed by atoms with E-state index in [9.17, 15) is 0 Å². The van der Waals surface area contributed by atoms with Gasteiger partial charge in [-0.2, -0.15) is 0 Å². The summed E-state index contributed by atoms with van der Waals surface area (Å²) in [4.78, 5) is 1.35. The molecule has 1 saturated carbocycles. The van der Waals surface area contributed by atoms with Crippen molar-refractivity contribution in [1.82, 2.24) is 5.32 Å². The lowest BCUT2D eigenvalue weighted by atomic mass is 9.78. The van der Waals surface area contributed by atoms with Gasteiger partial charge in [-0.1, -0.05) is 38.3 Å². The Morgan fingerprint density at radius 2 is 2.12 bits per heavy atom. The molecule has 0 spiro atoms. The molecule has 0 aliphatic heterocycles. The number of hydrogen-bond donors (Lipinski definition) is 1. The van der Waals surface area contributed by atoms with Gasteiger partial charge in [-0.25, -0.2) is 0 Å². The van der Waals surface area contributed by atoms with E-state index in [1.165, 1.54) is 24.1 Å². The van der Waals surface area contributed by atoms with Gasteiger partial charge in [-0.3, -0.25) is 0 Å². The molecule has 1 aromatic rings. The van der Waals surface area contributed by atoms with Crippen molar-refractivity contribution in [3.8, 4) is 0 Å². The Morgan fingerprint density at radius 1 is 1.35 bits per heavy atom. The van der Waals surface area contributed by atoms with Crippen molar-refractivity contribution >= 4 is 22.9 Å². The molecule has 1 fully saturated rings. The molecular formula is C14H22ClNS. The van der Waals surface area contributed by atoms with E-state index in [1.807, 2.05) is 6.07 Å². The monoisotopic (exact) mass is 271 g/mol. The Kier molecular flexibility index (Phi) is 4.51. The fourth-order valence-electron chi connectivity index (χ4n) is 2.78. The van der Waals surface area contributed by atoms with Gasteiger partial charge < -0.3 is 5.32 Å². The van der Waals surface area contributed by atoms with Crippen LogP contribution in [0.3, 0.4) is 0 Å². The standard InChI is InChI=1S/C14H22ClNS/c1-9-5-4-6-12(10(9)2)16-11(3)13-7-8-14(15)17-13/h7-12,16H,4-6H2,1-3H3. The highest BCUT2D eigenvalue weighted by atomic mass is 35.5. The smallest absolute Gasteiger partial charge is 0.0931 e.